The van der Waals surface area contributed by atoms with Crippen molar-refractivity contribution in [2.45, 2.75) is 33.1 Å². The summed E-state index contributed by atoms with van der Waals surface area (Å²) in [6, 6.07) is 0. The Hall–Kier alpha value is -0.610. The summed E-state index contributed by atoms with van der Waals surface area (Å²) in [6.07, 6.45) is 2.96. The number of carboxylic acid groups (broad SMARTS) is 1. The predicted molar refractivity (Wildman–Crippen MR) is 67.1 cm³/mol. The van der Waals surface area contributed by atoms with Crippen molar-refractivity contribution in [2.24, 2.45) is 11.3 Å². The summed E-state index contributed by atoms with van der Waals surface area (Å²) in [7, 11) is 2.08. The SMILES string of the molecule is CN(CCC(C)(C)C(=O)O)CC1CCOCC1. The van der Waals surface area contributed by atoms with Gasteiger partial charge in [-0.15, -0.1) is 0 Å². The second-order valence-electron chi connectivity index (χ2n) is 5.76. The van der Waals surface area contributed by atoms with Crippen molar-refractivity contribution in [2.75, 3.05) is 33.4 Å². The van der Waals surface area contributed by atoms with Gasteiger partial charge in [0.1, 0.15) is 0 Å². The van der Waals surface area contributed by atoms with Crippen molar-refractivity contribution < 1.29 is 14.6 Å². The molecule has 0 unspecified atom stereocenters. The molecule has 0 aliphatic carbocycles. The molecule has 1 aliphatic rings. The topological polar surface area (TPSA) is 49.8 Å². The van der Waals surface area contributed by atoms with Crippen molar-refractivity contribution in [1.29, 1.82) is 0 Å². The minimum absolute atomic E-state index is 0.621. The molecule has 0 aromatic heterocycles. The largest absolute Gasteiger partial charge is 0.481 e. The van der Waals surface area contributed by atoms with E-state index in [2.05, 4.69) is 11.9 Å². The molecular formula is C13H25NO3. The molecule has 4 heteroatoms. The molecule has 0 saturated carbocycles. The van der Waals surface area contributed by atoms with E-state index in [9.17, 15) is 4.79 Å². The van der Waals surface area contributed by atoms with E-state index in [0.29, 0.717) is 12.3 Å². The van der Waals surface area contributed by atoms with Gasteiger partial charge < -0.3 is 14.7 Å². The summed E-state index contributed by atoms with van der Waals surface area (Å²) in [4.78, 5) is 13.2. The fourth-order valence-electron chi connectivity index (χ4n) is 2.04. The first-order valence-electron chi connectivity index (χ1n) is 6.41. The highest BCUT2D eigenvalue weighted by molar-refractivity contribution is 5.73. The van der Waals surface area contributed by atoms with Crippen LogP contribution in [0.4, 0.5) is 0 Å². The molecule has 0 spiro atoms. The molecule has 1 aliphatic heterocycles. The van der Waals surface area contributed by atoms with Crippen LogP contribution in [0.5, 0.6) is 0 Å². The molecule has 1 rings (SSSR count). The first kappa shape index (κ1) is 14.5. The fourth-order valence-corrected chi connectivity index (χ4v) is 2.04. The molecule has 0 aromatic rings. The Morgan fingerprint density at radius 2 is 2.00 bits per heavy atom. The number of carbonyl (C=O) groups is 1. The Labute approximate surface area is 104 Å². The number of carboxylic acids is 1. The normalized spacial score (nSPS) is 18.6. The lowest BCUT2D eigenvalue weighted by Crippen LogP contribution is -2.34. The van der Waals surface area contributed by atoms with Crippen molar-refractivity contribution in [3.63, 3.8) is 0 Å². The zero-order valence-corrected chi connectivity index (χ0v) is 11.2. The van der Waals surface area contributed by atoms with E-state index in [0.717, 1.165) is 39.1 Å². The van der Waals surface area contributed by atoms with E-state index in [1.807, 2.05) is 0 Å². The van der Waals surface area contributed by atoms with Crippen LogP contribution < -0.4 is 0 Å². The van der Waals surface area contributed by atoms with Gasteiger partial charge in [0.2, 0.25) is 0 Å². The number of rotatable bonds is 6. The Balaban J connectivity index is 2.24. The smallest absolute Gasteiger partial charge is 0.309 e. The summed E-state index contributed by atoms with van der Waals surface area (Å²) in [5.74, 6) is -0.00124. The summed E-state index contributed by atoms with van der Waals surface area (Å²) in [5.41, 5.74) is -0.621. The molecule has 1 heterocycles. The zero-order chi connectivity index (χ0) is 12.9. The number of hydrogen-bond acceptors (Lipinski definition) is 3. The first-order chi connectivity index (χ1) is 7.92. The van der Waals surface area contributed by atoms with Gasteiger partial charge in [0.25, 0.3) is 0 Å². The molecule has 0 atom stereocenters. The van der Waals surface area contributed by atoms with E-state index in [4.69, 9.17) is 9.84 Å². The lowest BCUT2D eigenvalue weighted by atomic mass is 9.89. The van der Waals surface area contributed by atoms with E-state index in [-0.39, 0.29) is 0 Å². The van der Waals surface area contributed by atoms with Crippen LogP contribution in [0.2, 0.25) is 0 Å². The van der Waals surface area contributed by atoms with Gasteiger partial charge in [-0.05, 0) is 52.6 Å². The average Bonchev–Trinajstić information content (AvgIpc) is 2.28. The van der Waals surface area contributed by atoms with E-state index in [1.165, 1.54) is 0 Å². The second-order valence-corrected chi connectivity index (χ2v) is 5.76. The molecule has 0 bridgehead atoms. The van der Waals surface area contributed by atoms with E-state index >= 15 is 0 Å². The molecule has 0 aromatic carbocycles. The van der Waals surface area contributed by atoms with Gasteiger partial charge in [-0.25, -0.2) is 0 Å². The van der Waals surface area contributed by atoms with Crippen LogP contribution in [0.25, 0.3) is 0 Å². The van der Waals surface area contributed by atoms with Gasteiger partial charge in [-0.2, -0.15) is 0 Å². The fraction of sp³-hybridized carbons (Fsp3) is 0.923. The number of hydrogen-bond donors (Lipinski definition) is 1. The number of aliphatic carboxylic acids is 1. The van der Waals surface area contributed by atoms with Crippen LogP contribution >= 0.6 is 0 Å². The standard InChI is InChI=1S/C13H25NO3/c1-13(2,12(15)16)6-7-14(3)10-11-4-8-17-9-5-11/h11H,4-10H2,1-3H3,(H,15,16). The highest BCUT2D eigenvalue weighted by Gasteiger charge is 2.27. The van der Waals surface area contributed by atoms with Crippen LogP contribution in [0.15, 0.2) is 0 Å². The third-order valence-corrected chi connectivity index (χ3v) is 3.61. The minimum atomic E-state index is -0.711. The van der Waals surface area contributed by atoms with Gasteiger partial charge in [0.15, 0.2) is 0 Å². The van der Waals surface area contributed by atoms with Crippen LogP contribution in [0.1, 0.15) is 33.1 Å². The summed E-state index contributed by atoms with van der Waals surface area (Å²) in [5, 5.41) is 9.04. The predicted octanol–water partition coefficient (Wildman–Crippen LogP) is 1.85. The highest BCUT2D eigenvalue weighted by atomic mass is 16.5. The molecule has 0 radical (unpaired) electrons. The Morgan fingerprint density at radius 3 is 2.53 bits per heavy atom. The zero-order valence-electron chi connectivity index (χ0n) is 11.2. The average molecular weight is 243 g/mol. The van der Waals surface area contributed by atoms with Crippen molar-refractivity contribution in [3.05, 3.63) is 0 Å². The third-order valence-electron chi connectivity index (χ3n) is 3.61. The lowest BCUT2D eigenvalue weighted by Gasteiger charge is -2.29. The first-order valence-corrected chi connectivity index (χ1v) is 6.41. The van der Waals surface area contributed by atoms with E-state index < -0.39 is 11.4 Å². The van der Waals surface area contributed by atoms with Crippen molar-refractivity contribution >= 4 is 5.97 Å². The molecule has 100 valence electrons. The molecule has 1 N–H and O–H groups in total. The van der Waals surface area contributed by atoms with Crippen molar-refractivity contribution in [1.82, 2.24) is 4.90 Å². The van der Waals surface area contributed by atoms with E-state index in [1.54, 1.807) is 13.8 Å². The Morgan fingerprint density at radius 1 is 1.41 bits per heavy atom. The molecule has 17 heavy (non-hydrogen) atoms. The molecule has 4 nitrogen and oxygen atoms in total. The van der Waals surface area contributed by atoms with Crippen LogP contribution in [-0.2, 0) is 9.53 Å². The third kappa shape index (κ3) is 5.04. The Kier molecular flexibility index (Phi) is 5.40. The second kappa shape index (κ2) is 6.36. The van der Waals surface area contributed by atoms with Gasteiger partial charge in [-0.1, -0.05) is 0 Å². The molecular weight excluding hydrogens is 218 g/mol. The molecule has 1 fully saturated rings. The van der Waals surface area contributed by atoms with Gasteiger partial charge in [0.05, 0.1) is 5.41 Å². The molecule has 1 saturated heterocycles. The van der Waals surface area contributed by atoms with Gasteiger partial charge in [-0.3, -0.25) is 4.79 Å². The maximum absolute atomic E-state index is 11.0. The maximum Gasteiger partial charge on any atom is 0.309 e. The highest BCUT2D eigenvalue weighted by Crippen LogP contribution is 2.21. The summed E-state index contributed by atoms with van der Waals surface area (Å²) in [6.45, 7) is 7.23. The summed E-state index contributed by atoms with van der Waals surface area (Å²) >= 11 is 0. The van der Waals surface area contributed by atoms with Crippen molar-refractivity contribution in [3.8, 4) is 0 Å². The number of nitrogens with zero attached hydrogens (tertiary/aromatic N) is 1. The van der Waals surface area contributed by atoms with Gasteiger partial charge in [0, 0.05) is 19.8 Å². The Bertz CT molecular complexity index is 247. The van der Waals surface area contributed by atoms with Crippen LogP contribution in [-0.4, -0.2) is 49.3 Å². The minimum Gasteiger partial charge on any atom is -0.481 e. The van der Waals surface area contributed by atoms with Crippen LogP contribution in [0, 0.1) is 11.3 Å². The maximum atomic E-state index is 11.0. The monoisotopic (exact) mass is 243 g/mol. The molecule has 0 amide bonds. The quantitative estimate of drug-likeness (QED) is 0.773. The van der Waals surface area contributed by atoms with Gasteiger partial charge >= 0.3 is 5.97 Å². The summed E-state index contributed by atoms with van der Waals surface area (Å²) < 4.78 is 5.33. The lowest BCUT2D eigenvalue weighted by molar-refractivity contribution is -0.147. The van der Waals surface area contributed by atoms with Crippen LogP contribution in [0.3, 0.4) is 0 Å². The number of ether oxygens (including phenoxy) is 1.